The fraction of sp³-hybridized carbons (Fsp3) is 0.417. The van der Waals surface area contributed by atoms with Crippen LogP contribution in [0.4, 0.5) is 13.2 Å². The minimum Gasteiger partial charge on any atom is -0.504 e. The summed E-state index contributed by atoms with van der Waals surface area (Å²) >= 11 is 0. The summed E-state index contributed by atoms with van der Waals surface area (Å²) < 4.78 is 41.7. The number of aliphatic hydroxyl groups excluding tert-OH is 1. The summed E-state index contributed by atoms with van der Waals surface area (Å²) in [5, 5.41) is 18.1. The average molecular weight is 293 g/mol. The van der Waals surface area contributed by atoms with Crippen molar-refractivity contribution in [1.29, 1.82) is 0 Å². The number of aliphatic hydroxyl groups is 1. The highest BCUT2D eigenvalue weighted by atomic mass is 19.4. The van der Waals surface area contributed by atoms with E-state index in [9.17, 15) is 23.1 Å². The lowest BCUT2D eigenvalue weighted by Crippen LogP contribution is -2.42. The third-order valence-electron chi connectivity index (χ3n) is 2.31. The quantitative estimate of drug-likeness (QED) is 0.825. The molecular weight excluding hydrogens is 279 g/mol. The molecule has 0 aromatic heterocycles. The van der Waals surface area contributed by atoms with Crippen LogP contribution >= 0.6 is 0 Å². The summed E-state index contributed by atoms with van der Waals surface area (Å²) in [6, 6.07) is 5.77. The zero-order chi connectivity index (χ0) is 15.2. The zero-order valence-corrected chi connectivity index (χ0v) is 10.4. The first-order valence-corrected chi connectivity index (χ1v) is 5.69. The molecule has 0 aliphatic heterocycles. The molecule has 0 saturated carbocycles. The Morgan fingerprint density at radius 3 is 2.50 bits per heavy atom. The van der Waals surface area contributed by atoms with Gasteiger partial charge < -0.3 is 19.8 Å². The van der Waals surface area contributed by atoms with Crippen LogP contribution in [-0.4, -0.2) is 53.5 Å². The third kappa shape index (κ3) is 5.35. The number of carbonyl (C=O) groups excluding carboxylic acids is 1. The number of alkyl halides is 3. The third-order valence-corrected chi connectivity index (χ3v) is 2.31. The molecule has 0 saturated heterocycles. The lowest BCUT2D eigenvalue weighted by molar-refractivity contribution is -0.163. The normalized spacial score (nSPS) is 11.2. The van der Waals surface area contributed by atoms with E-state index in [0.717, 1.165) is 0 Å². The summed E-state index contributed by atoms with van der Waals surface area (Å²) in [6.45, 7) is -3.15. The van der Waals surface area contributed by atoms with Crippen LogP contribution in [-0.2, 0) is 4.79 Å². The lowest BCUT2D eigenvalue weighted by atomic mass is 10.3. The van der Waals surface area contributed by atoms with Crippen LogP contribution in [0.2, 0.25) is 0 Å². The van der Waals surface area contributed by atoms with E-state index < -0.39 is 38.4 Å². The first kappa shape index (κ1) is 16.1. The highest BCUT2D eigenvalue weighted by Gasteiger charge is 2.32. The predicted molar refractivity (Wildman–Crippen MR) is 63.3 cm³/mol. The Bertz CT molecular complexity index is 451. The van der Waals surface area contributed by atoms with Crippen LogP contribution in [0.15, 0.2) is 24.3 Å². The van der Waals surface area contributed by atoms with Crippen molar-refractivity contribution in [1.82, 2.24) is 4.90 Å². The molecule has 0 unspecified atom stereocenters. The van der Waals surface area contributed by atoms with Gasteiger partial charge in [0.05, 0.1) is 6.61 Å². The van der Waals surface area contributed by atoms with Gasteiger partial charge in [0.25, 0.3) is 5.91 Å². The molecule has 0 spiro atoms. The summed E-state index contributed by atoms with van der Waals surface area (Å²) in [7, 11) is 0. The van der Waals surface area contributed by atoms with Gasteiger partial charge in [-0.1, -0.05) is 12.1 Å². The van der Waals surface area contributed by atoms with E-state index >= 15 is 0 Å². The van der Waals surface area contributed by atoms with Gasteiger partial charge in [-0.05, 0) is 12.1 Å². The van der Waals surface area contributed by atoms with Crippen molar-refractivity contribution in [2.75, 3.05) is 26.3 Å². The molecule has 1 amide bonds. The Balaban J connectivity index is 2.60. The molecule has 20 heavy (non-hydrogen) atoms. The second-order valence-electron chi connectivity index (χ2n) is 3.91. The highest BCUT2D eigenvalue weighted by Crippen LogP contribution is 2.24. The standard InChI is InChI=1S/C12H14F3NO4/c13-12(14,15)8-16(5-6-17)11(19)7-20-10-4-2-1-3-9(10)18/h1-4,17-18H,5-8H2. The number of aromatic hydroxyl groups is 1. The summed E-state index contributed by atoms with van der Waals surface area (Å²) in [5.41, 5.74) is 0. The van der Waals surface area contributed by atoms with Crippen LogP contribution in [0.3, 0.4) is 0 Å². The number of rotatable bonds is 6. The number of halogens is 3. The Hall–Kier alpha value is -1.96. The second-order valence-corrected chi connectivity index (χ2v) is 3.91. The van der Waals surface area contributed by atoms with Gasteiger partial charge in [0.1, 0.15) is 6.54 Å². The van der Waals surface area contributed by atoms with Crippen molar-refractivity contribution in [2.24, 2.45) is 0 Å². The maximum atomic E-state index is 12.3. The second kappa shape index (κ2) is 6.99. The number of para-hydroxylation sites is 2. The Morgan fingerprint density at radius 1 is 1.30 bits per heavy atom. The van der Waals surface area contributed by atoms with E-state index in [4.69, 9.17) is 9.84 Å². The topological polar surface area (TPSA) is 70.0 Å². The highest BCUT2D eigenvalue weighted by molar-refractivity contribution is 5.77. The van der Waals surface area contributed by atoms with Gasteiger partial charge in [-0.2, -0.15) is 13.2 Å². The maximum absolute atomic E-state index is 12.3. The molecule has 0 fully saturated rings. The van der Waals surface area contributed by atoms with E-state index in [-0.39, 0.29) is 11.5 Å². The van der Waals surface area contributed by atoms with Gasteiger partial charge in [0, 0.05) is 6.54 Å². The number of nitrogens with zero attached hydrogens (tertiary/aromatic N) is 1. The molecule has 2 N–H and O–H groups in total. The van der Waals surface area contributed by atoms with E-state index in [2.05, 4.69) is 0 Å². The van der Waals surface area contributed by atoms with Crippen molar-refractivity contribution in [3.8, 4) is 11.5 Å². The Labute approximate surface area is 113 Å². The minimum atomic E-state index is -4.56. The smallest absolute Gasteiger partial charge is 0.406 e. The minimum absolute atomic E-state index is 0.00296. The number of ether oxygens (including phenoxy) is 1. The number of phenolic OH excluding ortho intramolecular Hbond substituents is 1. The number of phenols is 1. The molecule has 0 heterocycles. The number of hydrogen-bond acceptors (Lipinski definition) is 4. The van der Waals surface area contributed by atoms with Crippen molar-refractivity contribution in [2.45, 2.75) is 6.18 Å². The van der Waals surface area contributed by atoms with E-state index in [1.807, 2.05) is 0 Å². The van der Waals surface area contributed by atoms with Crippen LogP contribution in [0, 0.1) is 0 Å². The van der Waals surface area contributed by atoms with E-state index in [0.29, 0.717) is 4.90 Å². The molecule has 1 rings (SSSR count). The molecule has 0 aliphatic rings. The molecule has 112 valence electrons. The summed E-state index contributed by atoms with van der Waals surface area (Å²) in [6.07, 6.45) is -4.56. The Morgan fingerprint density at radius 2 is 1.95 bits per heavy atom. The molecule has 5 nitrogen and oxygen atoms in total. The van der Waals surface area contributed by atoms with Gasteiger partial charge in [-0.15, -0.1) is 0 Å². The van der Waals surface area contributed by atoms with Crippen LogP contribution in [0.1, 0.15) is 0 Å². The summed E-state index contributed by atoms with van der Waals surface area (Å²) in [5.74, 6) is -1.15. The predicted octanol–water partition coefficient (Wildman–Crippen LogP) is 1.15. The Kier molecular flexibility index (Phi) is 5.63. The fourth-order valence-corrected chi connectivity index (χ4v) is 1.44. The zero-order valence-electron chi connectivity index (χ0n) is 10.4. The molecule has 0 radical (unpaired) electrons. The molecule has 8 heteroatoms. The fourth-order valence-electron chi connectivity index (χ4n) is 1.44. The molecule has 1 aromatic rings. The van der Waals surface area contributed by atoms with Crippen molar-refractivity contribution < 1.29 is 32.9 Å². The van der Waals surface area contributed by atoms with Crippen molar-refractivity contribution >= 4 is 5.91 Å². The first-order chi connectivity index (χ1) is 9.33. The van der Waals surface area contributed by atoms with E-state index in [1.165, 1.54) is 18.2 Å². The molecule has 0 bridgehead atoms. The van der Waals surface area contributed by atoms with Gasteiger partial charge in [-0.25, -0.2) is 0 Å². The first-order valence-electron chi connectivity index (χ1n) is 5.69. The maximum Gasteiger partial charge on any atom is 0.406 e. The van der Waals surface area contributed by atoms with Gasteiger partial charge >= 0.3 is 6.18 Å². The molecule has 0 atom stereocenters. The summed E-state index contributed by atoms with van der Waals surface area (Å²) in [4.78, 5) is 12.0. The number of hydrogen-bond donors (Lipinski definition) is 2. The van der Waals surface area contributed by atoms with Crippen LogP contribution < -0.4 is 4.74 Å². The van der Waals surface area contributed by atoms with Crippen molar-refractivity contribution in [3.63, 3.8) is 0 Å². The largest absolute Gasteiger partial charge is 0.504 e. The van der Waals surface area contributed by atoms with Crippen LogP contribution in [0.5, 0.6) is 11.5 Å². The molecule has 0 aliphatic carbocycles. The lowest BCUT2D eigenvalue weighted by Gasteiger charge is -2.23. The van der Waals surface area contributed by atoms with E-state index in [1.54, 1.807) is 6.07 Å². The average Bonchev–Trinajstić information content (AvgIpc) is 2.35. The monoisotopic (exact) mass is 293 g/mol. The van der Waals surface area contributed by atoms with Crippen molar-refractivity contribution in [3.05, 3.63) is 24.3 Å². The van der Waals surface area contributed by atoms with Gasteiger partial charge in [0.15, 0.2) is 18.1 Å². The number of amides is 1. The molecular formula is C12H14F3NO4. The van der Waals surface area contributed by atoms with Crippen LogP contribution in [0.25, 0.3) is 0 Å². The number of benzene rings is 1. The SMILES string of the molecule is O=C(COc1ccccc1O)N(CCO)CC(F)(F)F. The number of carbonyl (C=O) groups is 1. The molecule has 1 aromatic carbocycles. The van der Waals surface area contributed by atoms with Gasteiger partial charge in [0.2, 0.25) is 0 Å². The van der Waals surface area contributed by atoms with Gasteiger partial charge in [-0.3, -0.25) is 4.79 Å².